The average molecular weight is 222 g/mol. The number of hydrogen-bond acceptors (Lipinski definition) is 4. The molecule has 0 aliphatic carbocycles. The highest BCUT2D eigenvalue weighted by molar-refractivity contribution is 5.88. The lowest BCUT2D eigenvalue weighted by molar-refractivity contribution is 0.0697. The van der Waals surface area contributed by atoms with E-state index in [2.05, 4.69) is 10.3 Å². The molecule has 16 heavy (non-hydrogen) atoms. The number of carboxylic acids is 1. The molecule has 1 aromatic heterocycles. The maximum atomic E-state index is 10.7. The van der Waals surface area contributed by atoms with Crippen LogP contribution in [0, 0.1) is 0 Å². The van der Waals surface area contributed by atoms with Gasteiger partial charge in [-0.05, 0) is 25.0 Å². The number of anilines is 1. The molecular formula is C11H14N2O3. The number of nitrogens with zero attached hydrogens (tertiary/aromatic N) is 1. The molecule has 1 aromatic rings. The second-order valence-corrected chi connectivity index (χ2v) is 3.75. The summed E-state index contributed by atoms with van der Waals surface area (Å²) in [6.45, 7) is 1.49. The summed E-state index contributed by atoms with van der Waals surface area (Å²) in [5, 5.41) is 11.9. The van der Waals surface area contributed by atoms with Crippen molar-refractivity contribution in [2.75, 3.05) is 18.5 Å². The number of carboxylic acid groups (broad SMARTS) is 1. The Morgan fingerprint density at radius 1 is 1.69 bits per heavy atom. The number of ether oxygens (including phenoxy) is 1. The first kappa shape index (κ1) is 10.9. The average Bonchev–Trinajstić information content (AvgIpc) is 2.79. The summed E-state index contributed by atoms with van der Waals surface area (Å²) in [5.74, 6) is -0.363. The van der Waals surface area contributed by atoms with E-state index in [-0.39, 0.29) is 11.7 Å². The molecule has 1 saturated heterocycles. The Morgan fingerprint density at radius 3 is 3.25 bits per heavy atom. The predicted molar refractivity (Wildman–Crippen MR) is 58.7 cm³/mol. The topological polar surface area (TPSA) is 71.5 Å². The molecule has 5 heteroatoms. The van der Waals surface area contributed by atoms with E-state index in [0.717, 1.165) is 19.4 Å². The fraction of sp³-hybridized carbons (Fsp3) is 0.455. The molecule has 1 fully saturated rings. The van der Waals surface area contributed by atoms with Crippen molar-refractivity contribution >= 4 is 11.8 Å². The lowest BCUT2D eigenvalue weighted by atomic mass is 10.2. The van der Waals surface area contributed by atoms with Gasteiger partial charge >= 0.3 is 5.97 Å². The van der Waals surface area contributed by atoms with Crippen molar-refractivity contribution in [2.24, 2.45) is 0 Å². The molecule has 2 N–H and O–H groups in total. The summed E-state index contributed by atoms with van der Waals surface area (Å²) in [5.41, 5.74) is 0.241. The van der Waals surface area contributed by atoms with E-state index >= 15 is 0 Å². The summed E-state index contributed by atoms with van der Waals surface area (Å²) < 4.78 is 5.45. The second-order valence-electron chi connectivity index (χ2n) is 3.75. The van der Waals surface area contributed by atoms with Crippen LogP contribution in [0.15, 0.2) is 18.3 Å². The van der Waals surface area contributed by atoms with E-state index < -0.39 is 5.97 Å². The van der Waals surface area contributed by atoms with Gasteiger partial charge in [0, 0.05) is 19.3 Å². The van der Waals surface area contributed by atoms with E-state index in [9.17, 15) is 4.79 Å². The zero-order valence-corrected chi connectivity index (χ0v) is 8.85. The first-order chi connectivity index (χ1) is 7.75. The number of aromatic carboxylic acids is 1. The third-order valence-corrected chi connectivity index (χ3v) is 2.54. The molecule has 0 spiro atoms. The maximum absolute atomic E-state index is 10.7. The van der Waals surface area contributed by atoms with Crippen LogP contribution in [0.4, 0.5) is 5.82 Å². The minimum absolute atomic E-state index is 0.218. The number of aromatic nitrogens is 1. The van der Waals surface area contributed by atoms with Crippen LogP contribution in [-0.2, 0) is 4.74 Å². The van der Waals surface area contributed by atoms with Gasteiger partial charge in [0.1, 0.15) is 5.82 Å². The smallest absolute Gasteiger partial charge is 0.335 e. The lowest BCUT2D eigenvalue weighted by Gasteiger charge is -2.11. The predicted octanol–water partition coefficient (Wildman–Crippen LogP) is 1.37. The lowest BCUT2D eigenvalue weighted by Crippen LogP contribution is -2.19. The standard InChI is InChI=1S/C11H14N2O3/c14-11(15)8-3-4-12-10(6-8)13-7-9-2-1-5-16-9/h3-4,6,9H,1-2,5,7H2,(H,12,13)(H,14,15)/t9-/m0/s1. The zero-order valence-electron chi connectivity index (χ0n) is 8.85. The number of pyridine rings is 1. The summed E-state index contributed by atoms with van der Waals surface area (Å²) in [6.07, 6.45) is 3.84. The molecule has 0 aromatic carbocycles. The number of rotatable bonds is 4. The molecule has 2 rings (SSSR count). The van der Waals surface area contributed by atoms with Crippen LogP contribution < -0.4 is 5.32 Å². The first-order valence-electron chi connectivity index (χ1n) is 5.30. The molecule has 0 saturated carbocycles. The second kappa shape index (κ2) is 4.94. The molecule has 1 aliphatic rings. The highest BCUT2D eigenvalue weighted by Crippen LogP contribution is 2.13. The van der Waals surface area contributed by atoms with Gasteiger partial charge < -0.3 is 15.2 Å². The number of nitrogens with one attached hydrogen (secondary N) is 1. The molecule has 0 unspecified atom stereocenters. The largest absolute Gasteiger partial charge is 0.478 e. The van der Waals surface area contributed by atoms with Crippen molar-refractivity contribution in [3.05, 3.63) is 23.9 Å². The Kier molecular flexibility index (Phi) is 3.36. The minimum Gasteiger partial charge on any atom is -0.478 e. The summed E-state index contributed by atoms with van der Waals surface area (Å²) in [6, 6.07) is 3.00. The quantitative estimate of drug-likeness (QED) is 0.805. The highest BCUT2D eigenvalue weighted by Gasteiger charge is 2.15. The van der Waals surface area contributed by atoms with Crippen LogP contribution in [0.3, 0.4) is 0 Å². The first-order valence-corrected chi connectivity index (χ1v) is 5.30. The zero-order chi connectivity index (χ0) is 11.4. The Morgan fingerprint density at radius 2 is 2.56 bits per heavy atom. The van der Waals surface area contributed by atoms with E-state index in [1.807, 2.05) is 0 Å². The van der Waals surface area contributed by atoms with Gasteiger partial charge in [0.15, 0.2) is 0 Å². The van der Waals surface area contributed by atoms with Gasteiger partial charge in [0.2, 0.25) is 0 Å². The fourth-order valence-corrected chi connectivity index (χ4v) is 1.68. The van der Waals surface area contributed by atoms with Gasteiger partial charge in [-0.1, -0.05) is 0 Å². The van der Waals surface area contributed by atoms with E-state index in [0.29, 0.717) is 12.4 Å². The van der Waals surface area contributed by atoms with Crippen molar-refractivity contribution in [3.8, 4) is 0 Å². The van der Waals surface area contributed by atoms with Crippen molar-refractivity contribution in [1.29, 1.82) is 0 Å². The minimum atomic E-state index is -0.942. The van der Waals surface area contributed by atoms with Crippen LogP contribution in [0.2, 0.25) is 0 Å². The van der Waals surface area contributed by atoms with E-state index in [1.54, 1.807) is 0 Å². The van der Waals surface area contributed by atoms with Gasteiger partial charge in [0.05, 0.1) is 11.7 Å². The number of hydrogen-bond donors (Lipinski definition) is 2. The van der Waals surface area contributed by atoms with Gasteiger partial charge in [-0.15, -0.1) is 0 Å². The molecule has 0 amide bonds. The van der Waals surface area contributed by atoms with Gasteiger partial charge in [-0.3, -0.25) is 0 Å². The van der Waals surface area contributed by atoms with Crippen LogP contribution in [0.25, 0.3) is 0 Å². The molecule has 86 valence electrons. The van der Waals surface area contributed by atoms with Gasteiger partial charge in [-0.2, -0.15) is 0 Å². The van der Waals surface area contributed by atoms with E-state index in [4.69, 9.17) is 9.84 Å². The highest BCUT2D eigenvalue weighted by atomic mass is 16.5. The Hall–Kier alpha value is -1.62. The van der Waals surface area contributed by atoms with Crippen LogP contribution in [0.5, 0.6) is 0 Å². The molecular weight excluding hydrogens is 208 g/mol. The van der Waals surface area contributed by atoms with Gasteiger partial charge in [0.25, 0.3) is 0 Å². The van der Waals surface area contributed by atoms with E-state index in [1.165, 1.54) is 18.3 Å². The summed E-state index contributed by atoms with van der Waals surface area (Å²) in [7, 11) is 0. The molecule has 0 bridgehead atoms. The van der Waals surface area contributed by atoms with Gasteiger partial charge in [-0.25, -0.2) is 9.78 Å². The summed E-state index contributed by atoms with van der Waals surface area (Å²) in [4.78, 5) is 14.8. The van der Waals surface area contributed by atoms with Crippen LogP contribution >= 0.6 is 0 Å². The Bertz CT molecular complexity index is 375. The fourth-order valence-electron chi connectivity index (χ4n) is 1.68. The SMILES string of the molecule is O=C(O)c1ccnc(NC[C@@H]2CCCO2)c1. The monoisotopic (exact) mass is 222 g/mol. The Labute approximate surface area is 93.5 Å². The van der Waals surface area contributed by atoms with Crippen molar-refractivity contribution in [1.82, 2.24) is 4.98 Å². The molecule has 5 nitrogen and oxygen atoms in total. The van der Waals surface area contributed by atoms with Crippen LogP contribution in [-0.4, -0.2) is 35.3 Å². The van der Waals surface area contributed by atoms with Crippen molar-refractivity contribution in [2.45, 2.75) is 18.9 Å². The molecule has 1 aliphatic heterocycles. The molecule has 1 atom stereocenters. The maximum Gasteiger partial charge on any atom is 0.335 e. The Balaban J connectivity index is 1.93. The van der Waals surface area contributed by atoms with Crippen molar-refractivity contribution in [3.63, 3.8) is 0 Å². The third-order valence-electron chi connectivity index (χ3n) is 2.54. The van der Waals surface area contributed by atoms with Crippen LogP contribution in [0.1, 0.15) is 23.2 Å². The molecule has 0 radical (unpaired) electrons. The normalized spacial score (nSPS) is 19.6. The summed E-state index contributed by atoms with van der Waals surface area (Å²) >= 11 is 0. The number of carbonyl (C=O) groups is 1. The van der Waals surface area contributed by atoms with Crippen molar-refractivity contribution < 1.29 is 14.6 Å². The molecule has 2 heterocycles. The third kappa shape index (κ3) is 2.70.